The Morgan fingerprint density at radius 2 is 1.89 bits per heavy atom. The number of hydrogen-bond acceptors (Lipinski definition) is 3. The van der Waals surface area contributed by atoms with Gasteiger partial charge >= 0.3 is 0 Å². The van der Waals surface area contributed by atoms with Gasteiger partial charge in [-0.3, -0.25) is 9.78 Å². The maximum atomic E-state index is 11.9. The predicted octanol–water partition coefficient (Wildman–Crippen LogP) is 2.54. The van der Waals surface area contributed by atoms with E-state index in [0.29, 0.717) is 5.56 Å². The molecule has 0 aliphatic heterocycles. The number of nitrogens with zero attached hydrogens (tertiary/aromatic N) is 2. The van der Waals surface area contributed by atoms with Crippen molar-refractivity contribution in [1.29, 1.82) is 0 Å². The maximum absolute atomic E-state index is 11.9. The Hall–Kier alpha value is -2.49. The second-order valence-corrected chi connectivity index (χ2v) is 4.24. The highest BCUT2D eigenvalue weighted by molar-refractivity contribution is 6.00. The SMILES string of the molecule is C/C(=N\NC(=O)c1cccc(C)c1)c1ccncc1. The summed E-state index contributed by atoms with van der Waals surface area (Å²) in [6.07, 6.45) is 3.38. The van der Waals surface area contributed by atoms with Crippen molar-refractivity contribution in [2.24, 2.45) is 5.10 Å². The van der Waals surface area contributed by atoms with Crippen LogP contribution in [-0.2, 0) is 0 Å². The Labute approximate surface area is 112 Å². The molecule has 0 saturated carbocycles. The number of aromatic nitrogens is 1. The molecule has 1 amide bonds. The largest absolute Gasteiger partial charge is 0.271 e. The van der Waals surface area contributed by atoms with Gasteiger partial charge in [-0.25, -0.2) is 5.43 Å². The number of hydrazone groups is 1. The van der Waals surface area contributed by atoms with Crippen LogP contribution in [0.2, 0.25) is 0 Å². The first-order valence-electron chi connectivity index (χ1n) is 5.98. The molecule has 0 aliphatic carbocycles. The van der Waals surface area contributed by atoms with Crippen molar-refractivity contribution in [2.75, 3.05) is 0 Å². The molecule has 0 unspecified atom stereocenters. The fourth-order valence-corrected chi connectivity index (χ4v) is 1.64. The molecule has 0 atom stereocenters. The van der Waals surface area contributed by atoms with E-state index in [1.165, 1.54) is 0 Å². The predicted molar refractivity (Wildman–Crippen MR) is 75.1 cm³/mol. The molecule has 2 rings (SSSR count). The number of nitrogens with one attached hydrogen (secondary N) is 1. The summed E-state index contributed by atoms with van der Waals surface area (Å²) in [5.41, 5.74) is 5.87. The van der Waals surface area contributed by atoms with Crippen LogP contribution >= 0.6 is 0 Å². The minimum Gasteiger partial charge on any atom is -0.267 e. The lowest BCUT2D eigenvalue weighted by Gasteiger charge is -2.03. The molecule has 1 aromatic heterocycles. The zero-order valence-corrected chi connectivity index (χ0v) is 10.9. The quantitative estimate of drug-likeness (QED) is 0.675. The minimum atomic E-state index is -0.211. The van der Waals surface area contributed by atoms with Crippen LogP contribution < -0.4 is 5.43 Å². The second kappa shape index (κ2) is 5.91. The van der Waals surface area contributed by atoms with E-state index in [2.05, 4.69) is 15.5 Å². The van der Waals surface area contributed by atoms with Gasteiger partial charge in [-0.1, -0.05) is 17.7 Å². The van der Waals surface area contributed by atoms with E-state index in [9.17, 15) is 4.79 Å². The summed E-state index contributed by atoms with van der Waals surface area (Å²) >= 11 is 0. The molecule has 4 heteroatoms. The number of hydrogen-bond donors (Lipinski definition) is 1. The summed E-state index contributed by atoms with van der Waals surface area (Å²) in [4.78, 5) is 15.8. The van der Waals surface area contributed by atoms with E-state index in [4.69, 9.17) is 0 Å². The van der Waals surface area contributed by atoms with Crippen molar-refractivity contribution < 1.29 is 4.79 Å². The van der Waals surface area contributed by atoms with Gasteiger partial charge < -0.3 is 0 Å². The number of benzene rings is 1. The molecule has 0 radical (unpaired) electrons. The summed E-state index contributed by atoms with van der Waals surface area (Å²) in [5, 5.41) is 4.09. The van der Waals surface area contributed by atoms with E-state index in [0.717, 1.165) is 16.8 Å². The van der Waals surface area contributed by atoms with Crippen molar-refractivity contribution in [3.05, 3.63) is 65.5 Å². The van der Waals surface area contributed by atoms with Gasteiger partial charge in [-0.2, -0.15) is 5.10 Å². The summed E-state index contributed by atoms with van der Waals surface area (Å²) in [6.45, 7) is 3.79. The highest BCUT2D eigenvalue weighted by Gasteiger charge is 2.04. The van der Waals surface area contributed by atoms with Crippen molar-refractivity contribution in [3.63, 3.8) is 0 Å². The number of carbonyl (C=O) groups is 1. The number of carbonyl (C=O) groups excluding carboxylic acids is 1. The van der Waals surface area contributed by atoms with Gasteiger partial charge in [0.25, 0.3) is 5.91 Å². The first kappa shape index (κ1) is 13.0. The topological polar surface area (TPSA) is 54.4 Å². The molecule has 96 valence electrons. The van der Waals surface area contributed by atoms with E-state index < -0.39 is 0 Å². The van der Waals surface area contributed by atoms with Gasteiger partial charge in [0, 0.05) is 23.5 Å². The maximum Gasteiger partial charge on any atom is 0.271 e. The monoisotopic (exact) mass is 253 g/mol. The third-order valence-electron chi connectivity index (χ3n) is 2.70. The van der Waals surface area contributed by atoms with E-state index in [1.807, 2.05) is 44.2 Å². The second-order valence-electron chi connectivity index (χ2n) is 4.24. The fraction of sp³-hybridized carbons (Fsp3) is 0.133. The average Bonchev–Trinajstić information content (AvgIpc) is 2.45. The Bertz CT molecular complexity index is 606. The molecule has 0 fully saturated rings. The van der Waals surface area contributed by atoms with Gasteiger partial charge in [-0.15, -0.1) is 0 Å². The van der Waals surface area contributed by atoms with Crippen LogP contribution in [0, 0.1) is 6.92 Å². The van der Waals surface area contributed by atoms with Crippen LogP contribution in [0.4, 0.5) is 0 Å². The van der Waals surface area contributed by atoms with Crippen molar-refractivity contribution in [3.8, 4) is 0 Å². The average molecular weight is 253 g/mol. The molecule has 1 N–H and O–H groups in total. The summed E-state index contributed by atoms with van der Waals surface area (Å²) in [6, 6.07) is 11.1. The van der Waals surface area contributed by atoms with Crippen molar-refractivity contribution in [1.82, 2.24) is 10.4 Å². The molecular weight excluding hydrogens is 238 g/mol. The molecule has 0 spiro atoms. The van der Waals surface area contributed by atoms with E-state index in [-0.39, 0.29) is 5.91 Å². The van der Waals surface area contributed by atoms with Crippen LogP contribution in [0.1, 0.15) is 28.4 Å². The van der Waals surface area contributed by atoms with Crippen LogP contribution in [-0.4, -0.2) is 16.6 Å². The standard InChI is InChI=1S/C15H15N3O/c1-11-4-3-5-14(10-11)15(19)18-17-12(2)13-6-8-16-9-7-13/h3-10H,1-2H3,(H,18,19)/b17-12+. The lowest BCUT2D eigenvalue weighted by Crippen LogP contribution is -2.19. The molecule has 2 aromatic rings. The first-order valence-corrected chi connectivity index (χ1v) is 5.98. The molecule has 1 aromatic carbocycles. The Balaban J connectivity index is 2.08. The third-order valence-corrected chi connectivity index (χ3v) is 2.70. The third kappa shape index (κ3) is 3.48. The van der Waals surface area contributed by atoms with Gasteiger partial charge in [0.05, 0.1) is 5.71 Å². The van der Waals surface area contributed by atoms with Crippen LogP contribution in [0.25, 0.3) is 0 Å². The molecule has 0 bridgehead atoms. The smallest absolute Gasteiger partial charge is 0.267 e. The zero-order valence-electron chi connectivity index (χ0n) is 10.9. The van der Waals surface area contributed by atoms with Crippen LogP contribution in [0.3, 0.4) is 0 Å². The number of pyridine rings is 1. The lowest BCUT2D eigenvalue weighted by molar-refractivity contribution is 0.0954. The van der Waals surface area contributed by atoms with E-state index >= 15 is 0 Å². The molecule has 1 heterocycles. The number of amides is 1. The first-order chi connectivity index (χ1) is 9.16. The Morgan fingerprint density at radius 3 is 2.58 bits per heavy atom. The van der Waals surface area contributed by atoms with Gasteiger partial charge in [0.15, 0.2) is 0 Å². The van der Waals surface area contributed by atoms with Gasteiger partial charge in [-0.05, 0) is 38.1 Å². The Kier molecular flexibility index (Phi) is 4.03. The van der Waals surface area contributed by atoms with Crippen LogP contribution in [0.15, 0.2) is 53.9 Å². The lowest BCUT2D eigenvalue weighted by atomic mass is 10.1. The van der Waals surface area contributed by atoms with Crippen LogP contribution in [0.5, 0.6) is 0 Å². The summed E-state index contributed by atoms with van der Waals surface area (Å²) in [7, 11) is 0. The number of aryl methyl sites for hydroxylation is 1. The molecule has 0 saturated heterocycles. The fourth-order valence-electron chi connectivity index (χ4n) is 1.64. The highest BCUT2D eigenvalue weighted by Crippen LogP contribution is 2.04. The number of rotatable bonds is 3. The van der Waals surface area contributed by atoms with Crippen molar-refractivity contribution >= 4 is 11.6 Å². The normalized spacial score (nSPS) is 11.2. The summed E-state index contributed by atoms with van der Waals surface area (Å²) in [5.74, 6) is -0.211. The minimum absolute atomic E-state index is 0.211. The van der Waals surface area contributed by atoms with Gasteiger partial charge in [0.1, 0.15) is 0 Å². The Morgan fingerprint density at radius 1 is 1.16 bits per heavy atom. The molecular formula is C15H15N3O. The van der Waals surface area contributed by atoms with E-state index in [1.54, 1.807) is 18.5 Å². The highest BCUT2D eigenvalue weighted by atomic mass is 16.2. The van der Waals surface area contributed by atoms with Gasteiger partial charge in [0.2, 0.25) is 0 Å². The van der Waals surface area contributed by atoms with Crippen molar-refractivity contribution in [2.45, 2.75) is 13.8 Å². The molecule has 0 aliphatic rings. The molecule has 19 heavy (non-hydrogen) atoms. The zero-order chi connectivity index (χ0) is 13.7. The molecule has 4 nitrogen and oxygen atoms in total. The summed E-state index contributed by atoms with van der Waals surface area (Å²) < 4.78 is 0.